The van der Waals surface area contributed by atoms with Gasteiger partial charge >= 0.3 is 5.97 Å². The van der Waals surface area contributed by atoms with E-state index < -0.39 is 5.97 Å². The van der Waals surface area contributed by atoms with Gasteiger partial charge in [0.2, 0.25) is 0 Å². The summed E-state index contributed by atoms with van der Waals surface area (Å²) in [5.41, 5.74) is 2.34. The van der Waals surface area contributed by atoms with E-state index in [2.05, 4.69) is 4.98 Å². The second-order valence-electron chi connectivity index (χ2n) is 3.18. The van der Waals surface area contributed by atoms with E-state index in [4.69, 9.17) is 5.11 Å². The molecule has 1 aromatic heterocycles. The lowest BCUT2D eigenvalue weighted by Crippen LogP contribution is -2.01. The van der Waals surface area contributed by atoms with Crippen molar-refractivity contribution >= 4 is 17.3 Å². The third-order valence-corrected chi connectivity index (χ3v) is 2.98. The minimum Gasteiger partial charge on any atom is -0.481 e. The maximum atomic E-state index is 13.5. The second-order valence-corrected chi connectivity index (χ2v) is 4.03. The van der Waals surface area contributed by atoms with E-state index in [1.54, 1.807) is 18.2 Å². The quantitative estimate of drug-likeness (QED) is 0.892. The van der Waals surface area contributed by atoms with Gasteiger partial charge in [0.15, 0.2) is 0 Å². The fraction of sp³-hybridized carbons (Fsp3) is 0.0909. The minimum absolute atomic E-state index is 0.187. The van der Waals surface area contributed by atoms with E-state index >= 15 is 0 Å². The van der Waals surface area contributed by atoms with Crippen LogP contribution in [0, 0.1) is 5.82 Å². The van der Waals surface area contributed by atoms with Gasteiger partial charge < -0.3 is 5.11 Å². The van der Waals surface area contributed by atoms with Gasteiger partial charge in [-0.3, -0.25) is 4.79 Å². The minimum atomic E-state index is -0.969. The molecule has 2 aromatic rings. The predicted octanol–water partition coefficient (Wildman–Crippen LogP) is 2.58. The summed E-state index contributed by atoms with van der Waals surface area (Å²) in [6.45, 7) is 0. The first-order chi connectivity index (χ1) is 7.68. The summed E-state index contributed by atoms with van der Waals surface area (Å²) in [6.07, 6.45) is -0.187. The highest BCUT2D eigenvalue weighted by Gasteiger charge is 2.14. The standard InChI is InChI=1S/C11H8FNO2S/c12-8-4-2-1-3-7(8)11-9(5-10(14)15)13-6-16-11/h1-4,6H,5H2,(H,14,15). The van der Waals surface area contributed by atoms with Gasteiger partial charge in [-0.05, 0) is 6.07 Å². The Hall–Kier alpha value is -1.75. The fourth-order valence-electron chi connectivity index (χ4n) is 1.40. The Balaban J connectivity index is 2.45. The molecule has 0 saturated heterocycles. The average molecular weight is 237 g/mol. The summed E-state index contributed by atoms with van der Waals surface area (Å²) in [6, 6.07) is 6.27. The van der Waals surface area contributed by atoms with Crippen LogP contribution in [-0.2, 0) is 11.2 Å². The lowest BCUT2D eigenvalue weighted by Gasteiger charge is -2.01. The van der Waals surface area contributed by atoms with Crippen molar-refractivity contribution in [2.24, 2.45) is 0 Å². The molecule has 0 aliphatic heterocycles. The van der Waals surface area contributed by atoms with Crippen LogP contribution in [0.25, 0.3) is 10.4 Å². The van der Waals surface area contributed by atoms with Crippen LogP contribution < -0.4 is 0 Å². The van der Waals surface area contributed by atoms with Crippen LogP contribution in [0.3, 0.4) is 0 Å². The molecule has 1 aromatic carbocycles. The molecule has 0 aliphatic rings. The van der Waals surface area contributed by atoms with E-state index in [1.165, 1.54) is 22.9 Å². The summed E-state index contributed by atoms with van der Waals surface area (Å²) < 4.78 is 13.5. The number of benzene rings is 1. The van der Waals surface area contributed by atoms with Gasteiger partial charge in [0, 0.05) is 5.56 Å². The molecular weight excluding hydrogens is 229 g/mol. The normalized spacial score (nSPS) is 10.3. The molecule has 0 radical (unpaired) electrons. The predicted molar refractivity (Wildman–Crippen MR) is 58.8 cm³/mol. The van der Waals surface area contributed by atoms with Crippen molar-refractivity contribution in [2.45, 2.75) is 6.42 Å². The Bertz CT molecular complexity index is 524. The van der Waals surface area contributed by atoms with Gasteiger partial charge in [0.05, 0.1) is 22.5 Å². The number of thiazole rings is 1. The first-order valence-electron chi connectivity index (χ1n) is 4.57. The smallest absolute Gasteiger partial charge is 0.309 e. The largest absolute Gasteiger partial charge is 0.481 e. The number of aliphatic carboxylic acids is 1. The number of carbonyl (C=O) groups is 1. The van der Waals surface area contributed by atoms with Crippen molar-refractivity contribution in [1.82, 2.24) is 4.98 Å². The van der Waals surface area contributed by atoms with Crippen LogP contribution in [0.15, 0.2) is 29.8 Å². The zero-order valence-electron chi connectivity index (χ0n) is 8.18. The zero-order valence-corrected chi connectivity index (χ0v) is 9.00. The highest BCUT2D eigenvalue weighted by Crippen LogP contribution is 2.29. The molecule has 0 amide bonds. The number of carboxylic acid groups (broad SMARTS) is 1. The summed E-state index contributed by atoms with van der Waals surface area (Å²) >= 11 is 1.24. The number of hydrogen-bond donors (Lipinski definition) is 1. The number of rotatable bonds is 3. The molecule has 1 N–H and O–H groups in total. The number of aromatic nitrogens is 1. The fourth-order valence-corrected chi connectivity index (χ4v) is 2.24. The summed E-state index contributed by atoms with van der Waals surface area (Å²) in [4.78, 5) is 15.1. The Morgan fingerprint density at radius 1 is 1.44 bits per heavy atom. The van der Waals surface area contributed by atoms with Gasteiger partial charge in [-0.1, -0.05) is 18.2 Å². The van der Waals surface area contributed by atoms with Gasteiger partial charge in [0.25, 0.3) is 0 Å². The molecule has 5 heteroatoms. The van der Waals surface area contributed by atoms with Crippen LogP contribution in [-0.4, -0.2) is 16.1 Å². The van der Waals surface area contributed by atoms with Crippen LogP contribution in [0.5, 0.6) is 0 Å². The van der Waals surface area contributed by atoms with Gasteiger partial charge in [-0.25, -0.2) is 9.37 Å². The molecule has 0 unspecified atom stereocenters. The summed E-state index contributed by atoms with van der Waals surface area (Å²) in [5, 5.41) is 8.70. The molecule has 0 saturated carbocycles. The maximum absolute atomic E-state index is 13.5. The molecule has 0 atom stereocenters. The van der Waals surface area contributed by atoms with Crippen molar-refractivity contribution in [3.63, 3.8) is 0 Å². The van der Waals surface area contributed by atoms with E-state index in [9.17, 15) is 9.18 Å². The highest BCUT2D eigenvalue weighted by atomic mass is 32.1. The molecular formula is C11H8FNO2S. The third-order valence-electron chi connectivity index (χ3n) is 2.08. The van der Waals surface area contributed by atoms with Crippen molar-refractivity contribution in [1.29, 1.82) is 0 Å². The van der Waals surface area contributed by atoms with Crippen molar-refractivity contribution in [3.05, 3.63) is 41.3 Å². The number of halogens is 1. The first kappa shape index (κ1) is 10.8. The third kappa shape index (κ3) is 2.09. The Kier molecular flexibility index (Phi) is 2.96. The van der Waals surface area contributed by atoms with Gasteiger partial charge in [-0.15, -0.1) is 11.3 Å². The van der Waals surface area contributed by atoms with Crippen LogP contribution in [0.2, 0.25) is 0 Å². The molecule has 0 bridgehead atoms. The van der Waals surface area contributed by atoms with Gasteiger partial charge in [0.1, 0.15) is 5.82 Å². The summed E-state index contributed by atoms with van der Waals surface area (Å²) in [5.74, 6) is -1.33. The van der Waals surface area contributed by atoms with E-state index in [0.717, 1.165) is 0 Å². The second kappa shape index (κ2) is 4.40. The van der Waals surface area contributed by atoms with Crippen LogP contribution >= 0.6 is 11.3 Å². The van der Waals surface area contributed by atoms with Crippen LogP contribution in [0.1, 0.15) is 5.69 Å². The molecule has 82 valence electrons. The maximum Gasteiger partial charge on any atom is 0.309 e. The first-order valence-corrected chi connectivity index (χ1v) is 5.45. The molecule has 0 aliphatic carbocycles. The lowest BCUT2D eigenvalue weighted by molar-refractivity contribution is -0.136. The SMILES string of the molecule is O=C(O)Cc1ncsc1-c1ccccc1F. The Labute approximate surface area is 95.2 Å². The van der Waals surface area contributed by atoms with E-state index in [-0.39, 0.29) is 12.2 Å². The van der Waals surface area contributed by atoms with E-state index in [1.807, 2.05) is 0 Å². The number of hydrogen-bond acceptors (Lipinski definition) is 3. The topological polar surface area (TPSA) is 50.2 Å². The Morgan fingerprint density at radius 3 is 2.88 bits per heavy atom. The molecule has 16 heavy (non-hydrogen) atoms. The van der Waals surface area contributed by atoms with Crippen molar-refractivity contribution < 1.29 is 14.3 Å². The molecule has 0 fully saturated rings. The van der Waals surface area contributed by atoms with Crippen LogP contribution in [0.4, 0.5) is 4.39 Å². The zero-order chi connectivity index (χ0) is 11.5. The van der Waals surface area contributed by atoms with Crippen molar-refractivity contribution in [3.8, 4) is 10.4 Å². The molecule has 1 heterocycles. The van der Waals surface area contributed by atoms with Gasteiger partial charge in [-0.2, -0.15) is 0 Å². The molecule has 0 spiro atoms. The lowest BCUT2D eigenvalue weighted by atomic mass is 10.1. The molecule has 2 rings (SSSR count). The van der Waals surface area contributed by atoms with E-state index in [0.29, 0.717) is 16.1 Å². The monoisotopic (exact) mass is 237 g/mol. The summed E-state index contributed by atoms with van der Waals surface area (Å²) in [7, 11) is 0. The Morgan fingerprint density at radius 2 is 2.19 bits per heavy atom. The number of carboxylic acids is 1. The van der Waals surface area contributed by atoms with Crippen molar-refractivity contribution in [2.75, 3.05) is 0 Å². The average Bonchev–Trinajstić information content (AvgIpc) is 2.66. The molecule has 3 nitrogen and oxygen atoms in total. The highest BCUT2D eigenvalue weighted by molar-refractivity contribution is 7.13. The number of nitrogens with zero attached hydrogens (tertiary/aromatic N) is 1.